The van der Waals surface area contributed by atoms with Gasteiger partial charge >= 0.3 is 0 Å². The second-order valence-electron chi connectivity index (χ2n) is 4.50. The first-order valence-corrected chi connectivity index (χ1v) is 6.78. The number of nitrogens with zero attached hydrogens (tertiary/aromatic N) is 1. The molecule has 0 saturated carbocycles. The molecule has 19 heavy (non-hydrogen) atoms. The highest BCUT2D eigenvalue weighted by Gasteiger charge is 2.09. The first-order chi connectivity index (χ1) is 8.97. The molecule has 0 unspecified atom stereocenters. The minimum atomic E-state index is -0.130. The van der Waals surface area contributed by atoms with Crippen LogP contribution in [0.4, 0.5) is 5.69 Å². The predicted molar refractivity (Wildman–Crippen MR) is 80.5 cm³/mol. The van der Waals surface area contributed by atoms with Gasteiger partial charge in [0.1, 0.15) is 0 Å². The van der Waals surface area contributed by atoms with E-state index in [0.717, 1.165) is 27.1 Å². The summed E-state index contributed by atoms with van der Waals surface area (Å²) in [6, 6.07) is 9.31. The molecule has 0 atom stereocenters. The molecule has 0 spiro atoms. The fourth-order valence-electron chi connectivity index (χ4n) is 1.75. The van der Waals surface area contributed by atoms with Gasteiger partial charge in [-0.05, 0) is 50.6 Å². The lowest BCUT2D eigenvalue weighted by Gasteiger charge is -2.09. The number of carbonyl (C=O) groups excluding carboxylic acids is 1. The molecule has 2 rings (SSSR count). The Labute approximate surface area is 121 Å². The molecule has 1 aromatic heterocycles. The Morgan fingerprint density at radius 3 is 2.53 bits per heavy atom. The summed E-state index contributed by atoms with van der Waals surface area (Å²) in [7, 11) is 0. The van der Waals surface area contributed by atoms with E-state index in [1.54, 1.807) is 0 Å². The number of nitrogens with one attached hydrogen (secondary N) is 1. The van der Waals surface area contributed by atoms with Crippen LogP contribution in [0.15, 0.2) is 34.8 Å². The maximum Gasteiger partial charge on any atom is 0.255 e. The van der Waals surface area contributed by atoms with Crippen LogP contribution in [0.2, 0.25) is 0 Å². The Bertz CT molecular complexity index is 638. The van der Waals surface area contributed by atoms with E-state index in [2.05, 4.69) is 26.2 Å². The molecule has 0 aliphatic heterocycles. The zero-order valence-corrected chi connectivity index (χ0v) is 12.7. The topological polar surface area (TPSA) is 42.0 Å². The minimum Gasteiger partial charge on any atom is -0.320 e. The van der Waals surface area contributed by atoms with Crippen LogP contribution in [-0.2, 0) is 0 Å². The highest BCUT2D eigenvalue weighted by atomic mass is 79.9. The summed E-state index contributed by atoms with van der Waals surface area (Å²) in [5.41, 5.74) is 4.22. The normalized spacial score (nSPS) is 10.3. The molecule has 4 heteroatoms. The van der Waals surface area contributed by atoms with Crippen LogP contribution in [-0.4, -0.2) is 10.9 Å². The highest BCUT2D eigenvalue weighted by Crippen LogP contribution is 2.19. The summed E-state index contributed by atoms with van der Waals surface area (Å²) >= 11 is 3.43. The van der Waals surface area contributed by atoms with Gasteiger partial charge in [-0.15, -0.1) is 0 Å². The van der Waals surface area contributed by atoms with Crippen LogP contribution in [0.5, 0.6) is 0 Å². The van der Waals surface area contributed by atoms with Crippen LogP contribution < -0.4 is 5.32 Å². The van der Waals surface area contributed by atoms with Crippen molar-refractivity contribution in [2.24, 2.45) is 0 Å². The largest absolute Gasteiger partial charge is 0.320 e. The number of hydrogen-bond donors (Lipinski definition) is 1. The Hall–Kier alpha value is -1.68. The smallest absolute Gasteiger partial charge is 0.255 e. The zero-order valence-electron chi connectivity index (χ0n) is 11.1. The van der Waals surface area contributed by atoms with E-state index < -0.39 is 0 Å². The van der Waals surface area contributed by atoms with Crippen molar-refractivity contribution in [1.29, 1.82) is 0 Å². The molecule has 0 radical (unpaired) electrons. The SMILES string of the molecule is Cc1ccc(NC(=O)c2ccc(C)c(Br)c2)c(C)n1. The number of benzene rings is 1. The molecule has 1 heterocycles. The molecule has 0 fully saturated rings. The molecular weight excluding hydrogens is 304 g/mol. The molecule has 0 aliphatic carbocycles. The van der Waals surface area contributed by atoms with Crippen molar-refractivity contribution in [2.45, 2.75) is 20.8 Å². The Balaban J connectivity index is 2.23. The van der Waals surface area contributed by atoms with Gasteiger partial charge in [0.2, 0.25) is 0 Å². The van der Waals surface area contributed by atoms with Crippen LogP contribution in [0.1, 0.15) is 27.3 Å². The summed E-state index contributed by atoms with van der Waals surface area (Å²) in [6.45, 7) is 5.79. The molecule has 0 bridgehead atoms. The number of anilines is 1. The zero-order chi connectivity index (χ0) is 14.0. The molecule has 3 nitrogen and oxygen atoms in total. The van der Waals surface area contributed by atoms with Gasteiger partial charge < -0.3 is 5.32 Å². The molecule has 0 saturated heterocycles. The van der Waals surface area contributed by atoms with Crippen LogP contribution in [0.3, 0.4) is 0 Å². The Morgan fingerprint density at radius 2 is 1.89 bits per heavy atom. The number of hydrogen-bond acceptors (Lipinski definition) is 2. The van der Waals surface area contributed by atoms with E-state index in [0.29, 0.717) is 5.56 Å². The summed E-state index contributed by atoms with van der Waals surface area (Å²) in [6.07, 6.45) is 0. The molecule has 1 aromatic carbocycles. The second-order valence-corrected chi connectivity index (χ2v) is 5.36. The van der Waals surface area contributed by atoms with Crippen LogP contribution >= 0.6 is 15.9 Å². The van der Waals surface area contributed by atoms with Gasteiger partial charge in [0.15, 0.2) is 0 Å². The number of carbonyl (C=O) groups is 1. The maximum absolute atomic E-state index is 12.2. The Morgan fingerprint density at radius 1 is 1.16 bits per heavy atom. The fourth-order valence-corrected chi connectivity index (χ4v) is 2.13. The molecule has 98 valence electrons. The number of aryl methyl sites for hydroxylation is 3. The quantitative estimate of drug-likeness (QED) is 0.908. The number of halogens is 1. The van der Waals surface area contributed by atoms with Crippen molar-refractivity contribution in [3.05, 3.63) is 57.3 Å². The molecule has 1 N–H and O–H groups in total. The number of rotatable bonds is 2. The van der Waals surface area contributed by atoms with Crippen molar-refractivity contribution < 1.29 is 4.79 Å². The van der Waals surface area contributed by atoms with Crippen molar-refractivity contribution in [2.75, 3.05) is 5.32 Å². The van der Waals surface area contributed by atoms with Gasteiger partial charge in [0.25, 0.3) is 5.91 Å². The summed E-state index contributed by atoms with van der Waals surface area (Å²) in [5.74, 6) is -0.130. The minimum absolute atomic E-state index is 0.130. The van der Waals surface area contributed by atoms with Gasteiger partial charge in [0.05, 0.1) is 11.4 Å². The van der Waals surface area contributed by atoms with E-state index in [1.807, 2.05) is 51.1 Å². The van der Waals surface area contributed by atoms with Crippen LogP contribution in [0.25, 0.3) is 0 Å². The monoisotopic (exact) mass is 318 g/mol. The van der Waals surface area contributed by atoms with Crippen molar-refractivity contribution in [3.63, 3.8) is 0 Å². The molecule has 2 aromatic rings. The average Bonchev–Trinajstić information content (AvgIpc) is 2.36. The standard InChI is InChI=1S/C15H15BrN2O/c1-9-4-6-12(8-13(9)16)15(19)18-14-7-5-10(2)17-11(14)3/h4-8H,1-3H3,(H,18,19). The van der Waals surface area contributed by atoms with E-state index in [4.69, 9.17) is 0 Å². The third kappa shape index (κ3) is 3.20. The van der Waals surface area contributed by atoms with Crippen molar-refractivity contribution >= 4 is 27.5 Å². The summed E-state index contributed by atoms with van der Waals surface area (Å²) < 4.78 is 0.930. The molecular formula is C15H15BrN2O. The van der Waals surface area contributed by atoms with E-state index in [-0.39, 0.29) is 5.91 Å². The number of amides is 1. The third-order valence-corrected chi connectivity index (χ3v) is 3.76. The highest BCUT2D eigenvalue weighted by molar-refractivity contribution is 9.10. The first-order valence-electron chi connectivity index (χ1n) is 5.99. The van der Waals surface area contributed by atoms with E-state index >= 15 is 0 Å². The van der Waals surface area contributed by atoms with E-state index in [9.17, 15) is 4.79 Å². The molecule has 1 amide bonds. The third-order valence-electron chi connectivity index (χ3n) is 2.91. The van der Waals surface area contributed by atoms with Crippen molar-refractivity contribution in [3.8, 4) is 0 Å². The lowest BCUT2D eigenvalue weighted by Crippen LogP contribution is -2.13. The summed E-state index contributed by atoms with van der Waals surface area (Å²) in [5, 5.41) is 2.88. The lowest BCUT2D eigenvalue weighted by molar-refractivity contribution is 0.102. The molecule has 0 aliphatic rings. The summed E-state index contributed by atoms with van der Waals surface area (Å²) in [4.78, 5) is 16.5. The Kier molecular flexibility index (Phi) is 4.00. The second kappa shape index (κ2) is 5.53. The van der Waals surface area contributed by atoms with Crippen molar-refractivity contribution in [1.82, 2.24) is 4.98 Å². The fraction of sp³-hybridized carbons (Fsp3) is 0.200. The number of pyridine rings is 1. The van der Waals surface area contributed by atoms with Gasteiger partial charge in [-0.2, -0.15) is 0 Å². The van der Waals surface area contributed by atoms with Crippen LogP contribution in [0, 0.1) is 20.8 Å². The predicted octanol–water partition coefficient (Wildman–Crippen LogP) is 4.02. The number of aromatic nitrogens is 1. The maximum atomic E-state index is 12.2. The van der Waals surface area contributed by atoms with Gasteiger partial charge in [-0.25, -0.2) is 0 Å². The van der Waals surface area contributed by atoms with Gasteiger partial charge in [0, 0.05) is 15.7 Å². The first kappa shape index (κ1) is 13.7. The van der Waals surface area contributed by atoms with Gasteiger partial charge in [-0.3, -0.25) is 9.78 Å². The average molecular weight is 319 g/mol. The lowest BCUT2D eigenvalue weighted by atomic mass is 10.1. The van der Waals surface area contributed by atoms with E-state index in [1.165, 1.54) is 0 Å². The van der Waals surface area contributed by atoms with Gasteiger partial charge in [-0.1, -0.05) is 22.0 Å².